The molecule has 0 bridgehead atoms. The first kappa shape index (κ1) is 10.2. The molecule has 0 unspecified atom stereocenters. The summed E-state index contributed by atoms with van der Waals surface area (Å²) >= 11 is 0. The maximum Gasteiger partial charge on any atom is 0.360 e. The van der Waals surface area contributed by atoms with Crippen molar-refractivity contribution in [2.24, 2.45) is 0 Å². The van der Waals surface area contributed by atoms with Crippen molar-refractivity contribution in [3.05, 3.63) is 17.8 Å². The Labute approximate surface area is 87.8 Å². The first-order chi connectivity index (χ1) is 7.31. The number of oxazole rings is 1. The highest BCUT2D eigenvalue weighted by Crippen LogP contribution is 2.22. The monoisotopic (exact) mass is 210 g/mol. The van der Waals surface area contributed by atoms with Crippen LogP contribution in [0.2, 0.25) is 0 Å². The van der Waals surface area contributed by atoms with Crippen LogP contribution in [0.3, 0.4) is 0 Å². The largest absolute Gasteiger partial charge is 0.461 e. The summed E-state index contributed by atoms with van der Waals surface area (Å²) in [5, 5.41) is 3.25. The smallest absolute Gasteiger partial charge is 0.360 e. The van der Waals surface area contributed by atoms with Gasteiger partial charge in [0.2, 0.25) is 5.89 Å². The van der Waals surface area contributed by atoms with Crippen molar-refractivity contribution >= 4 is 5.97 Å². The number of carbonyl (C=O) groups excluding carboxylic acids is 1. The molecule has 1 fully saturated rings. The highest BCUT2D eigenvalue weighted by molar-refractivity contribution is 5.86. The summed E-state index contributed by atoms with van der Waals surface area (Å²) in [6, 6.07) is 0.146. The number of esters is 1. The summed E-state index contributed by atoms with van der Waals surface area (Å²) in [7, 11) is 0. The van der Waals surface area contributed by atoms with Crippen LogP contribution in [0.4, 0.5) is 0 Å². The minimum Gasteiger partial charge on any atom is -0.461 e. The quantitative estimate of drug-likeness (QED) is 0.761. The van der Waals surface area contributed by atoms with Crippen molar-refractivity contribution in [2.45, 2.75) is 25.8 Å². The molecule has 1 aromatic rings. The summed E-state index contributed by atoms with van der Waals surface area (Å²) in [4.78, 5) is 15.4. The lowest BCUT2D eigenvalue weighted by molar-refractivity contribution is 0.0519. The van der Waals surface area contributed by atoms with Gasteiger partial charge in [-0.05, 0) is 26.3 Å². The Morgan fingerprint density at radius 3 is 3.33 bits per heavy atom. The van der Waals surface area contributed by atoms with E-state index in [1.807, 2.05) is 0 Å². The summed E-state index contributed by atoms with van der Waals surface area (Å²) < 4.78 is 10.1. The maximum absolute atomic E-state index is 11.3. The molecule has 15 heavy (non-hydrogen) atoms. The second-order valence-corrected chi connectivity index (χ2v) is 3.44. The third-order valence-electron chi connectivity index (χ3n) is 2.36. The minimum atomic E-state index is -0.425. The number of ether oxygens (including phenoxy) is 1. The summed E-state index contributed by atoms with van der Waals surface area (Å²) in [5.74, 6) is 0.154. The summed E-state index contributed by atoms with van der Waals surface area (Å²) in [6.45, 7) is 3.09. The van der Waals surface area contributed by atoms with Crippen LogP contribution in [0.1, 0.15) is 42.2 Å². The zero-order valence-electron chi connectivity index (χ0n) is 8.66. The fraction of sp³-hybridized carbons (Fsp3) is 0.600. The van der Waals surface area contributed by atoms with Crippen LogP contribution >= 0.6 is 0 Å². The topological polar surface area (TPSA) is 64.4 Å². The molecule has 0 radical (unpaired) electrons. The SMILES string of the molecule is CCOC(=O)c1coc([C@@H]2CCCN2)n1. The lowest BCUT2D eigenvalue weighted by atomic mass is 10.2. The van der Waals surface area contributed by atoms with Gasteiger partial charge in [0.15, 0.2) is 5.69 Å². The highest BCUT2D eigenvalue weighted by atomic mass is 16.5. The highest BCUT2D eigenvalue weighted by Gasteiger charge is 2.23. The molecule has 1 N–H and O–H groups in total. The first-order valence-corrected chi connectivity index (χ1v) is 5.17. The van der Waals surface area contributed by atoms with Gasteiger partial charge in [-0.1, -0.05) is 0 Å². The fourth-order valence-electron chi connectivity index (χ4n) is 1.64. The number of rotatable bonds is 3. The number of hydrogen-bond donors (Lipinski definition) is 1. The van der Waals surface area contributed by atoms with Gasteiger partial charge in [-0.3, -0.25) is 0 Å². The van der Waals surface area contributed by atoms with Gasteiger partial charge in [0.25, 0.3) is 0 Å². The Hall–Kier alpha value is -1.36. The zero-order valence-corrected chi connectivity index (χ0v) is 8.66. The molecular formula is C10H14N2O3. The van der Waals surface area contributed by atoms with Crippen molar-refractivity contribution in [3.63, 3.8) is 0 Å². The number of aromatic nitrogens is 1. The molecule has 1 aliphatic rings. The van der Waals surface area contributed by atoms with Crippen molar-refractivity contribution in [2.75, 3.05) is 13.2 Å². The molecule has 5 nitrogen and oxygen atoms in total. The number of carbonyl (C=O) groups is 1. The predicted octanol–water partition coefficient (Wildman–Crippen LogP) is 1.28. The van der Waals surface area contributed by atoms with E-state index in [4.69, 9.17) is 9.15 Å². The Morgan fingerprint density at radius 1 is 1.80 bits per heavy atom. The van der Waals surface area contributed by atoms with Crippen LogP contribution < -0.4 is 5.32 Å². The van der Waals surface area contributed by atoms with Crippen LogP contribution in [0.15, 0.2) is 10.7 Å². The normalized spacial score (nSPS) is 20.5. The van der Waals surface area contributed by atoms with E-state index in [-0.39, 0.29) is 11.7 Å². The Balaban J connectivity index is 2.06. The zero-order chi connectivity index (χ0) is 10.7. The second kappa shape index (κ2) is 4.44. The molecule has 82 valence electrons. The van der Waals surface area contributed by atoms with Gasteiger partial charge in [0.05, 0.1) is 12.6 Å². The van der Waals surface area contributed by atoms with E-state index in [2.05, 4.69) is 10.3 Å². The van der Waals surface area contributed by atoms with Crippen LogP contribution in [0.5, 0.6) is 0 Å². The molecule has 0 amide bonds. The molecule has 1 atom stereocenters. The average Bonchev–Trinajstić information content (AvgIpc) is 2.89. The second-order valence-electron chi connectivity index (χ2n) is 3.44. The third kappa shape index (κ3) is 2.18. The standard InChI is InChI=1S/C10H14N2O3/c1-2-14-10(13)8-6-15-9(12-8)7-4-3-5-11-7/h6-7,11H,2-5H2,1H3/t7-/m0/s1. The minimum absolute atomic E-state index is 0.146. The van der Waals surface area contributed by atoms with E-state index in [0.717, 1.165) is 19.4 Å². The van der Waals surface area contributed by atoms with Gasteiger partial charge >= 0.3 is 5.97 Å². The lowest BCUT2D eigenvalue weighted by Crippen LogP contribution is -2.13. The molecule has 0 aliphatic carbocycles. The molecule has 0 saturated carbocycles. The lowest BCUT2D eigenvalue weighted by Gasteiger charge is -2.02. The predicted molar refractivity (Wildman–Crippen MR) is 52.4 cm³/mol. The van der Waals surface area contributed by atoms with Crippen LogP contribution in [-0.4, -0.2) is 24.1 Å². The molecule has 5 heteroatoms. The molecule has 0 aromatic carbocycles. The van der Waals surface area contributed by atoms with E-state index in [0.29, 0.717) is 12.5 Å². The molecule has 2 rings (SSSR count). The van der Waals surface area contributed by atoms with E-state index in [1.54, 1.807) is 6.92 Å². The summed E-state index contributed by atoms with van der Waals surface area (Å²) in [5.41, 5.74) is 0.251. The Bertz CT molecular complexity index is 342. The van der Waals surface area contributed by atoms with Gasteiger partial charge < -0.3 is 14.5 Å². The summed E-state index contributed by atoms with van der Waals surface area (Å²) in [6.07, 6.45) is 3.47. The van der Waals surface area contributed by atoms with Crippen molar-refractivity contribution < 1.29 is 13.9 Å². The molecule has 1 saturated heterocycles. The van der Waals surface area contributed by atoms with Gasteiger partial charge in [-0.15, -0.1) is 0 Å². The molecule has 0 spiro atoms. The van der Waals surface area contributed by atoms with E-state index < -0.39 is 5.97 Å². The van der Waals surface area contributed by atoms with E-state index >= 15 is 0 Å². The van der Waals surface area contributed by atoms with Gasteiger partial charge in [-0.2, -0.15) is 0 Å². The van der Waals surface area contributed by atoms with Crippen molar-refractivity contribution in [3.8, 4) is 0 Å². The number of nitrogens with one attached hydrogen (secondary N) is 1. The Morgan fingerprint density at radius 2 is 2.67 bits per heavy atom. The average molecular weight is 210 g/mol. The van der Waals surface area contributed by atoms with E-state index in [1.165, 1.54) is 6.26 Å². The first-order valence-electron chi connectivity index (χ1n) is 5.17. The third-order valence-corrected chi connectivity index (χ3v) is 2.36. The molecule has 1 aliphatic heterocycles. The number of hydrogen-bond acceptors (Lipinski definition) is 5. The van der Waals surface area contributed by atoms with E-state index in [9.17, 15) is 4.79 Å². The van der Waals surface area contributed by atoms with Gasteiger partial charge in [-0.25, -0.2) is 9.78 Å². The van der Waals surface area contributed by atoms with Crippen LogP contribution in [0.25, 0.3) is 0 Å². The fourth-order valence-corrected chi connectivity index (χ4v) is 1.64. The van der Waals surface area contributed by atoms with Crippen molar-refractivity contribution in [1.29, 1.82) is 0 Å². The van der Waals surface area contributed by atoms with Gasteiger partial charge in [0, 0.05) is 0 Å². The maximum atomic E-state index is 11.3. The Kier molecular flexibility index (Phi) is 3.01. The molecule has 2 heterocycles. The number of nitrogens with zero attached hydrogens (tertiary/aromatic N) is 1. The van der Waals surface area contributed by atoms with Crippen molar-refractivity contribution in [1.82, 2.24) is 10.3 Å². The molecule has 1 aromatic heterocycles. The van der Waals surface area contributed by atoms with Crippen LogP contribution in [0, 0.1) is 0 Å². The van der Waals surface area contributed by atoms with Crippen LogP contribution in [-0.2, 0) is 4.74 Å². The molecular weight excluding hydrogens is 196 g/mol. The van der Waals surface area contributed by atoms with Gasteiger partial charge in [0.1, 0.15) is 6.26 Å².